The van der Waals surface area contributed by atoms with Crippen LogP contribution in [0.25, 0.3) is 0 Å². The predicted octanol–water partition coefficient (Wildman–Crippen LogP) is 3.07. The third kappa shape index (κ3) is 6.23. The normalized spacial score (nSPS) is 10.9. The molecule has 2 aromatic rings. The van der Waals surface area contributed by atoms with Crippen LogP contribution in [0.15, 0.2) is 28.6 Å². The second-order valence-corrected chi connectivity index (χ2v) is 6.12. The Morgan fingerprint density at radius 2 is 2.12 bits per heavy atom. The zero-order valence-electron chi connectivity index (χ0n) is 14.4. The van der Waals surface area contributed by atoms with Crippen LogP contribution >= 0.6 is 35.3 Å². The van der Waals surface area contributed by atoms with Crippen molar-refractivity contribution in [3.05, 3.63) is 40.0 Å². The zero-order valence-corrected chi connectivity index (χ0v) is 17.6. The van der Waals surface area contributed by atoms with Crippen molar-refractivity contribution in [3.8, 4) is 5.88 Å². The van der Waals surface area contributed by atoms with E-state index in [0.29, 0.717) is 12.4 Å². The van der Waals surface area contributed by atoms with Crippen molar-refractivity contribution in [3.63, 3.8) is 0 Å². The second-order valence-electron chi connectivity index (χ2n) is 5.06. The summed E-state index contributed by atoms with van der Waals surface area (Å²) in [5.41, 5.74) is 1.93. The highest BCUT2D eigenvalue weighted by atomic mass is 127. The van der Waals surface area contributed by atoms with Crippen LogP contribution < -0.4 is 10.1 Å². The SMILES string of the molecule is CCNC(=NCc1cccc(OC)n1)N(C)Cc1csc(C)n1.I. The quantitative estimate of drug-likeness (QED) is 0.407. The van der Waals surface area contributed by atoms with E-state index in [-0.39, 0.29) is 24.0 Å². The molecule has 24 heavy (non-hydrogen) atoms. The minimum absolute atomic E-state index is 0. The number of rotatable bonds is 6. The fraction of sp³-hybridized carbons (Fsp3) is 0.438. The topological polar surface area (TPSA) is 62.6 Å². The van der Waals surface area contributed by atoms with Gasteiger partial charge in [0, 0.05) is 25.0 Å². The Bertz CT molecular complexity index is 661. The van der Waals surface area contributed by atoms with Crippen molar-refractivity contribution in [2.24, 2.45) is 4.99 Å². The van der Waals surface area contributed by atoms with Gasteiger partial charge in [0.1, 0.15) is 0 Å². The number of aryl methyl sites for hydroxylation is 1. The number of halogens is 1. The first kappa shape index (κ1) is 20.6. The lowest BCUT2D eigenvalue weighted by Gasteiger charge is -2.21. The molecule has 0 atom stereocenters. The van der Waals surface area contributed by atoms with Crippen LogP contribution in [-0.2, 0) is 13.1 Å². The van der Waals surface area contributed by atoms with Gasteiger partial charge >= 0.3 is 0 Å². The molecule has 132 valence electrons. The summed E-state index contributed by atoms with van der Waals surface area (Å²) in [4.78, 5) is 15.6. The van der Waals surface area contributed by atoms with E-state index in [1.807, 2.05) is 32.2 Å². The molecule has 0 aromatic carbocycles. The number of guanidine groups is 1. The van der Waals surface area contributed by atoms with Crippen molar-refractivity contribution < 1.29 is 4.74 Å². The van der Waals surface area contributed by atoms with Crippen LogP contribution in [0.4, 0.5) is 0 Å². The lowest BCUT2D eigenvalue weighted by Crippen LogP contribution is -2.38. The maximum Gasteiger partial charge on any atom is 0.213 e. The highest BCUT2D eigenvalue weighted by Gasteiger charge is 2.09. The maximum atomic E-state index is 5.15. The molecule has 2 heterocycles. The van der Waals surface area contributed by atoms with Crippen LogP contribution in [0.3, 0.4) is 0 Å². The molecule has 0 saturated heterocycles. The molecule has 0 aliphatic heterocycles. The third-order valence-electron chi connectivity index (χ3n) is 3.14. The average molecular weight is 461 g/mol. The number of hydrogen-bond donors (Lipinski definition) is 1. The molecule has 2 rings (SSSR count). The Kier molecular flexibility index (Phi) is 8.98. The Balaban J connectivity index is 0.00000288. The molecule has 6 nitrogen and oxygen atoms in total. The number of ether oxygens (including phenoxy) is 1. The van der Waals surface area contributed by atoms with Gasteiger partial charge in [0.2, 0.25) is 5.88 Å². The van der Waals surface area contributed by atoms with Gasteiger partial charge in [-0.05, 0) is 19.9 Å². The number of thiazole rings is 1. The third-order valence-corrected chi connectivity index (χ3v) is 3.97. The van der Waals surface area contributed by atoms with Crippen LogP contribution in [0.2, 0.25) is 0 Å². The number of pyridine rings is 1. The van der Waals surface area contributed by atoms with Gasteiger partial charge in [0.25, 0.3) is 0 Å². The van der Waals surface area contributed by atoms with E-state index in [0.717, 1.165) is 35.4 Å². The van der Waals surface area contributed by atoms with Gasteiger partial charge in [0.15, 0.2) is 5.96 Å². The molecular weight excluding hydrogens is 437 g/mol. The summed E-state index contributed by atoms with van der Waals surface area (Å²) >= 11 is 1.66. The van der Waals surface area contributed by atoms with E-state index in [2.05, 4.69) is 37.5 Å². The van der Waals surface area contributed by atoms with Crippen molar-refractivity contribution in [1.29, 1.82) is 0 Å². The molecule has 0 saturated carbocycles. The first-order valence-corrected chi connectivity index (χ1v) is 8.40. The summed E-state index contributed by atoms with van der Waals surface area (Å²) in [6.07, 6.45) is 0. The molecule has 1 N–H and O–H groups in total. The van der Waals surface area contributed by atoms with Crippen LogP contribution in [0.1, 0.15) is 23.3 Å². The molecule has 0 amide bonds. The minimum atomic E-state index is 0. The number of aromatic nitrogens is 2. The number of hydrogen-bond acceptors (Lipinski definition) is 5. The Labute approximate surface area is 164 Å². The molecule has 0 aliphatic rings. The largest absolute Gasteiger partial charge is 0.481 e. The van der Waals surface area contributed by atoms with E-state index in [9.17, 15) is 0 Å². The van der Waals surface area contributed by atoms with Crippen LogP contribution in [0.5, 0.6) is 5.88 Å². The highest BCUT2D eigenvalue weighted by molar-refractivity contribution is 14.0. The number of nitrogens with zero attached hydrogens (tertiary/aromatic N) is 4. The molecule has 0 aliphatic carbocycles. The first-order valence-electron chi connectivity index (χ1n) is 7.52. The standard InChI is InChI=1S/C16H23N5OS.HI/c1-5-17-16(21(3)10-14-11-23-12(2)19-14)18-9-13-7-6-8-15(20-13)22-4;/h6-8,11H,5,9-10H2,1-4H3,(H,17,18);1H. The predicted molar refractivity (Wildman–Crippen MR) is 109 cm³/mol. The van der Waals surface area contributed by atoms with Crippen molar-refractivity contribution >= 4 is 41.3 Å². The van der Waals surface area contributed by atoms with Gasteiger partial charge in [-0.1, -0.05) is 6.07 Å². The summed E-state index contributed by atoms with van der Waals surface area (Å²) in [7, 11) is 3.62. The Morgan fingerprint density at radius 1 is 1.33 bits per heavy atom. The van der Waals surface area contributed by atoms with Gasteiger partial charge in [-0.25, -0.2) is 15.0 Å². The van der Waals surface area contributed by atoms with E-state index in [4.69, 9.17) is 4.74 Å². The summed E-state index contributed by atoms with van der Waals surface area (Å²) in [5.74, 6) is 1.44. The first-order chi connectivity index (χ1) is 11.1. The Hall–Kier alpha value is -1.42. The summed E-state index contributed by atoms with van der Waals surface area (Å²) in [6, 6.07) is 5.69. The van der Waals surface area contributed by atoms with Gasteiger partial charge in [-0.3, -0.25) is 0 Å². The van der Waals surface area contributed by atoms with Crippen LogP contribution in [-0.4, -0.2) is 41.5 Å². The number of nitrogens with one attached hydrogen (secondary N) is 1. The fourth-order valence-corrected chi connectivity index (χ4v) is 2.69. The smallest absolute Gasteiger partial charge is 0.213 e. The van der Waals surface area contributed by atoms with Crippen molar-refractivity contribution in [2.75, 3.05) is 20.7 Å². The molecule has 0 fully saturated rings. The number of methoxy groups -OCH3 is 1. The molecule has 2 aromatic heterocycles. The van der Waals surface area contributed by atoms with Crippen LogP contribution in [0, 0.1) is 6.92 Å². The van der Waals surface area contributed by atoms with Gasteiger partial charge in [0.05, 0.1) is 36.6 Å². The molecular formula is C16H24IN5OS. The minimum Gasteiger partial charge on any atom is -0.481 e. The summed E-state index contributed by atoms with van der Waals surface area (Å²) in [6.45, 7) is 6.11. The van der Waals surface area contributed by atoms with Gasteiger partial charge < -0.3 is 15.0 Å². The fourth-order valence-electron chi connectivity index (χ4n) is 2.08. The summed E-state index contributed by atoms with van der Waals surface area (Å²) < 4.78 is 5.15. The average Bonchev–Trinajstić information content (AvgIpc) is 2.96. The van der Waals surface area contributed by atoms with E-state index >= 15 is 0 Å². The molecule has 0 radical (unpaired) electrons. The van der Waals surface area contributed by atoms with E-state index in [1.54, 1.807) is 18.4 Å². The zero-order chi connectivity index (χ0) is 16.7. The maximum absolute atomic E-state index is 5.15. The van der Waals surface area contributed by atoms with E-state index < -0.39 is 0 Å². The van der Waals surface area contributed by atoms with Crippen molar-refractivity contribution in [1.82, 2.24) is 20.2 Å². The van der Waals surface area contributed by atoms with Gasteiger partial charge in [-0.2, -0.15) is 0 Å². The van der Waals surface area contributed by atoms with E-state index in [1.165, 1.54) is 0 Å². The molecule has 0 spiro atoms. The van der Waals surface area contributed by atoms with Crippen molar-refractivity contribution in [2.45, 2.75) is 26.9 Å². The Morgan fingerprint density at radius 3 is 2.75 bits per heavy atom. The molecule has 0 bridgehead atoms. The highest BCUT2D eigenvalue weighted by Crippen LogP contribution is 2.11. The lowest BCUT2D eigenvalue weighted by atomic mass is 10.3. The number of aliphatic imine (C=N–C) groups is 1. The summed E-state index contributed by atoms with van der Waals surface area (Å²) in [5, 5.41) is 6.46. The monoisotopic (exact) mass is 461 g/mol. The lowest BCUT2D eigenvalue weighted by molar-refractivity contribution is 0.396. The molecule has 0 unspecified atom stereocenters. The second kappa shape index (κ2) is 10.4. The van der Waals surface area contributed by atoms with Gasteiger partial charge in [-0.15, -0.1) is 35.3 Å². The molecule has 8 heteroatoms.